The lowest BCUT2D eigenvalue weighted by molar-refractivity contribution is -0.141. The Hall–Kier alpha value is -2.33. The summed E-state index contributed by atoms with van der Waals surface area (Å²) in [6.07, 6.45) is 2.43. The topological polar surface area (TPSA) is 49.4 Å². The Morgan fingerprint density at radius 3 is 2.13 bits per heavy atom. The molecule has 5 heteroatoms. The number of carbonyl (C=O) groups is 2. The van der Waals surface area contributed by atoms with Crippen LogP contribution >= 0.6 is 11.6 Å². The lowest BCUT2D eigenvalue weighted by Crippen LogP contribution is -2.50. The van der Waals surface area contributed by atoms with Gasteiger partial charge in [0.25, 0.3) is 0 Å². The third-order valence-corrected chi connectivity index (χ3v) is 5.65. The summed E-state index contributed by atoms with van der Waals surface area (Å²) in [7, 11) is 0. The first-order valence-electron chi connectivity index (χ1n) is 10.7. The van der Waals surface area contributed by atoms with Crippen molar-refractivity contribution in [1.29, 1.82) is 0 Å². The average molecular weight is 429 g/mol. The summed E-state index contributed by atoms with van der Waals surface area (Å²) in [5, 5.41) is 3.69. The minimum atomic E-state index is -0.500. The molecule has 30 heavy (non-hydrogen) atoms. The molecule has 2 rings (SSSR count). The fraction of sp³-hybridized carbons (Fsp3) is 0.440. The van der Waals surface area contributed by atoms with E-state index < -0.39 is 6.04 Å². The number of nitrogens with zero attached hydrogens (tertiary/aromatic N) is 1. The van der Waals surface area contributed by atoms with Crippen molar-refractivity contribution in [3.63, 3.8) is 0 Å². The number of aryl methyl sites for hydroxylation is 2. The van der Waals surface area contributed by atoms with Gasteiger partial charge in [-0.3, -0.25) is 9.59 Å². The molecule has 0 aromatic heterocycles. The molecule has 2 atom stereocenters. The molecule has 0 aliphatic rings. The van der Waals surface area contributed by atoms with E-state index in [2.05, 4.69) is 29.6 Å². The second kappa shape index (κ2) is 11.8. The van der Waals surface area contributed by atoms with E-state index in [1.165, 1.54) is 5.56 Å². The zero-order valence-corrected chi connectivity index (χ0v) is 19.2. The first kappa shape index (κ1) is 23.9. The summed E-state index contributed by atoms with van der Waals surface area (Å²) < 4.78 is 0. The van der Waals surface area contributed by atoms with Gasteiger partial charge in [-0.1, -0.05) is 67.4 Å². The molecule has 0 radical (unpaired) electrons. The van der Waals surface area contributed by atoms with Crippen LogP contribution in [0.4, 0.5) is 0 Å². The highest BCUT2D eigenvalue weighted by Gasteiger charge is 2.28. The van der Waals surface area contributed by atoms with Crippen LogP contribution in [0.1, 0.15) is 56.7 Å². The fourth-order valence-electron chi connectivity index (χ4n) is 3.30. The largest absolute Gasteiger partial charge is 0.352 e. The smallest absolute Gasteiger partial charge is 0.243 e. The van der Waals surface area contributed by atoms with Crippen LogP contribution in [0.3, 0.4) is 0 Å². The molecular weight excluding hydrogens is 396 g/mol. The van der Waals surface area contributed by atoms with Crippen LogP contribution in [0.25, 0.3) is 0 Å². The van der Waals surface area contributed by atoms with Gasteiger partial charge in [-0.05, 0) is 56.4 Å². The van der Waals surface area contributed by atoms with Crippen molar-refractivity contribution in [3.05, 3.63) is 70.2 Å². The van der Waals surface area contributed by atoms with Crippen LogP contribution in [0, 0.1) is 6.92 Å². The lowest BCUT2D eigenvalue weighted by Gasteiger charge is -2.31. The minimum absolute atomic E-state index is 0.0170. The first-order chi connectivity index (χ1) is 14.3. The predicted octanol–water partition coefficient (Wildman–Crippen LogP) is 5.30. The maximum absolute atomic E-state index is 13.2. The van der Waals surface area contributed by atoms with Gasteiger partial charge in [0.15, 0.2) is 0 Å². The Morgan fingerprint density at radius 2 is 1.57 bits per heavy atom. The molecule has 4 nitrogen and oxygen atoms in total. The summed E-state index contributed by atoms with van der Waals surface area (Å²) >= 11 is 6.01. The summed E-state index contributed by atoms with van der Waals surface area (Å²) in [6.45, 7) is 8.39. The highest BCUT2D eigenvalue weighted by atomic mass is 35.5. The molecule has 162 valence electrons. The molecule has 0 aliphatic carbocycles. The molecular formula is C25H33ClN2O2. The van der Waals surface area contributed by atoms with Crippen molar-refractivity contribution in [2.24, 2.45) is 0 Å². The molecule has 2 aromatic carbocycles. The van der Waals surface area contributed by atoms with Gasteiger partial charge in [0.1, 0.15) is 6.04 Å². The van der Waals surface area contributed by atoms with Gasteiger partial charge >= 0.3 is 0 Å². The average Bonchev–Trinajstić information content (AvgIpc) is 2.74. The van der Waals surface area contributed by atoms with Crippen LogP contribution in [-0.4, -0.2) is 28.8 Å². The minimum Gasteiger partial charge on any atom is -0.352 e. The third kappa shape index (κ3) is 7.17. The van der Waals surface area contributed by atoms with Crippen molar-refractivity contribution in [3.8, 4) is 0 Å². The van der Waals surface area contributed by atoms with Crippen LogP contribution < -0.4 is 5.32 Å². The number of halogens is 1. The molecule has 0 fully saturated rings. The normalized spacial score (nSPS) is 12.8. The fourth-order valence-corrected chi connectivity index (χ4v) is 3.42. The molecule has 0 spiro atoms. The molecule has 0 aliphatic heterocycles. The molecule has 0 saturated heterocycles. The number of carbonyl (C=O) groups excluding carboxylic acids is 2. The Bertz CT molecular complexity index is 818. The van der Waals surface area contributed by atoms with E-state index >= 15 is 0 Å². The highest BCUT2D eigenvalue weighted by Crippen LogP contribution is 2.17. The van der Waals surface area contributed by atoms with Crippen LogP contribution in [0.5, 0.6) is 0 Å². The lowest BCUT2D eigenvalue weighted by atomic mass is 10.0. The molecule has 0 bridgehead atoms. The monoisotopic (exact) mass is 428 g/mol. The highest BCUT2D eigenvalue weighted by molar-refractivity contribution is 6.30. The zero-order valence-electron chi connectivity index (χ0n) is 18.5. The number of hydrogen-bond acceptors (Lipinski definition) is 2. The van der Waals surface area contributed by atoms with E-state index in [9.17, 15) is 9.59 Å². The molecule has 2 aromatic rings. The van der Waals surface area contributed by atoms with E-state index in [4.69, 9.17) is 11.6 Å². The van der Waals surface area contributed by atoms with Crippen LogP contribution in [0.15, 0.2) is 48.5 Å². The molecule has 2 amide bonds. The maximum atomic E-state index is 13.2. The summed E-state index contributed by atoms with van der Waals surface area (Å²) in [6, 6.07) is 15.2. The van der Waals surface area contributed by atoms with Crippen molar-refractivity contribution >= 4 is 23.4 Å². The molecule has 2 unspecified atom stereocenters. The van der Waals surface area contributed by atoms with E-state index in [0.717, 1.165) is 17.5 Å². The Morgan fingerprint density at radius 1 is 0.967 bits per heavy atom. The molecule has 0 saturated carbocycles. The Kier molecular flexibility index (Phi) is 9.38. The summed E-state index contributed by atoms with van der Waals surface area (Å²) in [5.41, 5.74) is 3.28. The predicted molar refractivity (Wildman–Crippen MR) is 123 cm³/mol. The van der Waals surface area contributed by atoms with E-state index in [1.54, 1.807) is 4.90 Å². The van der Waals surface area contributed by atoms with Gasteiger partial charge in [0.05, 0.1) is 0 Å². The standard InChI is InChI=1S/C25H33ClN2O2/c1-5-19(4)27-25(30)23(6-2)28(17-21-11-14-22(26)15-12-21)24(29)16-13-20-9-7-18(3)8-10-20/h7-12,14-15,19,23H,5-6,13,16-17H2,1-4H3,(H,27,30). The quantitative estimate of drug-likeness (QED) is 0.558. The Labute approximate surface area is 185 Å². The number of rotatable bonds is 10. The van der Waals surface area contributed by atoms with Gasteiger partial charge < -0.3 is 10.2 Å². The van der Waals surface area contributed by atoms with E-state index in [-0.39, 0.29) is 17.9 Å². The molecule has 0 heterocycles. The van der Waals surface area contributed by atoms with Crippen molar-refractivity contribution in [2.45, 2.75) is 72.0 Å². The second-order valence-electron chi connectivity index (χ2n) is 7.88. The van der Waals surface area contributed by atoms with E-state index in [1.807, 2.05) is 52.0 Å². The van der Waals surface area contributed by atoms with Gasteiger partial charge in [-0.25, -0.2) is 0 Å². The number of hydrogen-bond donors (Lipinski definition) is 1. The summed E-state index contributed by atoms with van der Waals surface area (Å²) in [4.78, 5) is 27.9. The first-order valence-corrected chi connectivity index (χ1v) is 11.1. The number of amides is 2. The molecule has 1 N–H and O–H groups in total. The SMILES string of the molecule is CCC(C)NC(=O)C(CC)N(Cc1ccc(Cl)cc1)C(=O)CCc1ccc(C)cc1. The Balaban J connectivity index is 2.19. The van der Waals surface area contributed by atoms with Gasteiger partial charge in [0.2, 0.25) is 11.8 Å². The zero-order chi connectivity index (χ0) is 22.1. The summed E-state index contributed by atoms with van der Waals surface area (Å²) in [5.74, 6) is -0.110. The number of nitrogens with one attached hydrogen (secondary N) is 1. The van der Waals surface area contributed by atoms with Crippen molar-refractivity contribution in [2.75, 3.05) is 0 Å². The van der Waals surface area contributed by atoms with Gasteiger partial charge in [-0.2, -0.15) is 0 Å². The second-order valence-corrected chi connectivity index (χ2v) is 8.31. The number of benzene rings is 2. The van der Waals surface area contributed by atoms with Crippen molar-refractivity contribution < 1.29 is 9.59 Å². The van der Waals surface area contributed by atoms with Crippen LogP contribution in [-0.2, 0) is 22.6 Å². The maximum Gasteiger partial charge on any atom is 0.243 e. The van der Waals surface area contributed by atoms with Crippen LogP contribution in [0.2, 0.25) is 5.02 Å². The van der Waals surface area contributed by atoms with Gasteiger partial charge in [0, 0.05) is 24.0 Å². The van der Waals surface area contributed by atoms with E-state index in [0.29, 0.717) is 30.8 Å². The van der Waals surface area contributed by atoms with Gasteiger partial charge in [-0.15, -0.1) is 0 Å². The van der Waals surface area contributed by atoms with Crippen molar-refractivity contribution in [1.82, 2.24) is 10.2 Å². The third-order valence-electron chi connectivity index (χ3n) is 5.40.